The Balaban J connectivity index is 2.13. The number of rotatable bonds is 2. The third-order valence-corrected chi connectivity index (χ3v) is 3.52. The molecule has 0 radical (unpaired) electrons. The second kappa shape index (κ2) is 4.37. The molecule has 0 spiro atoms. The summed E-state index contributed by atoms with van der Waals surface area (Å²) in [6.07, 6.45) is 1.71. The summed E-state index contributed by atoms with van der Waals surface area (Å²) >= 11 is 8.79. The second-order valence-corrected chi connectivity index (χ2v) is 5.34. The van der Waals surface area contributed by atoms with Crippen LogP contribution in [-0.2, 0) is 6.54 Å². The Bertz CT molecular complexity index is 771. The lowest BCUT2D eigenvalue weighted by Crippen LogP contribution is -1.99. The lowest BCUT2D eigenvalue weighted by atomic mass is 10.3. The van der Waals surface area contributed by atoms with Gasteiger partial charge in [0, 0.05) is 4.47 Å². The van der Waals surface area contributed by atoms with Crippen LogP contribution in [0.5, 0.6) is 0 Å². The minimum absolute atomic E-state index is 0.531. The number of H-pyrrole nitrogens is 1. The molecule has 0 saturated heterocycles. The highest BCUT2D eigenvalue weighted by Crippen LogP contribution is 2.20. The quantitative estimate of drug-likeness (QED) is 0.729. The summed E-state index contributed by atoms with van der Waals surface area (Å²) < 4.78 is 9.14. The molecule has 0 saturated carbocycles. The van der Waals surface area contributed by atoms with E-state index in [0.717, 1.165) is 21.3 Å². The third-order valence-electron chi connectivity index (χ3n) is 2.70. The maximum absolute atomic E-state index is 5.49. The lowest BCUT2D eigenvalue weighted by molar-refractivity contribution is 0.459. The monoisotopic (exact) mass is 323 g/mol. The maximum Gasteiger partial charge on any atom is 0.214 e. The van der Waals surface area contributed by atoms with E-state index in [1.807, 2.05) is 29.7 Å². The highest BCUT2D eigenvalue weighted by atomic mass is 79.9. The van der Waals surface area contributed by atoms with Crippen molar-refractivity contribution < 1.29 is 4.42 Å². The molecule has 0 aliphatic heterocycles. The minimum Gasteiger partial charge on any atom is -0.444 e. The molecule has 0 bridgehead atoms. The van der Waals surface area contributed by atoms with Crippen molar-refractivity contribution in [1.82, 2.24) is 14.5 Å². The van der Waals surface area contributed by atoms with Crippen molar-refractivity contribution in [1.29, 1.82) is 0 Å². The zero-order chi connectivity index (χ0) is 12.7. The Kier molecular flexibility index (Phi) is 2.83. The summed E-state index contributed by atoms with van der Waals surface area (Å²) in [7, 11) is 0. The van der Waals surface area contributed by atoms with Crippen LogP contribution in [0.3, 0.4) is 0 Å². The number of aromatic nitrogens is 3. The Morgan fingerprint density at radius 3 is 3.06 bits per heavy atom. The van der Waals surface area contributed by atoms with E-state index in [4.69, 9.17) is 16.6 Å². The molecule has 1 N–H and O–H groups in total. The van der Waals surface area contributed by atoms with Crippen LogP contribution in [-0.4, -0.2) is 14.5 Å². The van der Waals surface area contributed by atoms with Gasteiger partial charge in [-0.15, -0.1) is 0 Å². The molecule has 0 unspecified atom stereocenters. The summed E-state index contributed by atoms with van der Waals surface area (Å²) in [6.45, 7) is 2.41. The summed E-state index contributed by atoms with van der Waals surface area (Å²) in [6, 6.07) is 6.00. The van der Waals surface area contributed by atoms with Gasteiger partial charge in [-0.2, -0.15) is 0 Å². The van der Waals surface area contributed by atoms with Gasteiger partial charge in [0.15, 0.2) is 4.77 Å². The lowest BCUT2D eigenvalue weighted by Gasteiger charge is -2.01. The van der Waals surface area contributed by atoms with Gasteiger partial charge < -0.3 is 14.0 Å². The Labute approximate surface area is 117 Å². The van der Waals surface area contributed by atoms with Gasteiger partial charge in [0.05, 0.1) is 17.2 Å². The van der Waals surface area contributed by atoms with Crippen LogP contribution in [0.1, 0.15) is 11.7 Å². The molecule has 4 nitrogen and oxygen atoms in total. The van der Waals surface area contributed by atoms with Gasteiger partial charge in [0.1, 0.15) is 12.3 Å². The first-order valence-electron chi connectivity index (χ1n) is 5.43. The van der Waals surface area contributed by atoms with Crippen LogP contribution in [0.15, 0.2) is 33.3 Å². The van der Waals surface area contributed by atoms with Crippen LogP contribution in [0.2, 0.25) is 0 Å². The molecular formula is C12H10BrN3OS. The molecule has 1 aromatic carbocycles. The Morgan fingerprint density at radius 1 is 1.50 bits per heavy atom. The van der Waals surface area contributed by atoms with E-state index >= 15 is 0 Å². The normalized spacial score (nSPS) is 11.2. The van der Waals surface area contributed by atoms with Crippen molar-refractivity contribution in [2.24, 2.45) is 0 Å². The number of aromatic amines is 1. The topological polar surface area (TPSA) is 46.8 Å². The fourth-order valence-corrected chi connectivity index (χ4v) is 2.51. The number of aryl methyl sites for hydroxylation is 1. The second-order valence-electron chi connectivity index (χ2n) is 4.04. The summed E-state index contributed by atoms with van der Waals surface area (Å²) in [5, 5.41) is 0. The van der Waals surface area contributed by atoms with Crippen molar-refractivity contribution in [2.75, 3.05) is 0 Å². The largest absolute Gasteiger partial charge is 0.444 e. The van der Waals surface area contributed by atoms with E-state index in [0.29, 0.717) is 17.2 Å². The van der Waals surface area contributed by atoms with E-state index in [1.165, 1.54) is 0 Å². The molecule has 2 heterocycles. The minimum atomic E-state index is 0.531. The zero-order valence-corrected chi connectivity index (χ0v) is 12.0. The van der Waals surface area contributed by atoms with Crippen molar-refractivity contribution >= 4 is 39.2 Å². The highest BCUT2D eigenvalue weighted by Gasteiger charge is 2.08. The highest BCUT2D eigenvalue weighted by molar-refractivity contribution is 9.10. The van der Waals surface area contributed by atoms with E-state index < -0.39 is 0 Å². The maximum atomic E-state index is 5.49. The molecule has 0 aliphatic rings. The molecule has 3 aromatic rings. The van der Waals surface area contributed by atoms with Crippen LogP contribution in [0.25, 0.3) is 11.0 Å². The Morgan fingerprint density at radius 2 is 2.33 bits per heavy atom. The van der Waals surface area contributed by atoms with Gasteiger partial charge in [-0.25, -0.2) is 4.98 Å². The molecule has 3 rings (SSSR count). The number of nitrogens with one attached hydrogen (secondary N) is 1. The number of imidazole rings is 1. The fraction of sp³-hybridized carbons (Fsp3) is 0.167. The number of hydrogen-bond acceptors (Lipinski definition) is 3. The van der Waals surface area contributed by atoms with E-state index in [9.17, 15) is 0 Å². The predicted molar refractivity (Wildman–Crippen MR) is 75.2 cm³/mol. The first kappa shape index (κ1) is 11.7. The van der Waals surface area contributed by atoms with E-state index in [2.05, 4.69) is 25.9 Å². The number of benzene rings is 1. The molecule has 6 heteroatoms. The first-order valence-corrected chi connectivity index (χ1v) is 6.63. The smallest absolute Gasteiger partial charge is 0.214 e. The number of oxazole rings is 1. The molecule has 0 fully saturated rings. The summed E-state index contributed by atoms with van der Waals surface area (Å²) in [5.74, 6) is 1.46. The van der Waals surface area contributed by atoms with Gasteiger partial charge in [-0.1, -0.05) is 15.9 Å². The van der Waals surface area contributed by atoms with Crippen LogP contribution in [0.4, 0.5) is 0 Å². The third kappa shape index (κ3) is 2.02. The fourth-order valence-electron chi connectivity index (χ4n) is 1.89. The molecule has 92 valence electrons. The van der Waals surface area contributed by atoms with Crippen molar-refractivity contribution in [3.63, 3.8) is 0 Å². The number of fused-ring (bicyclic) bond motifs is 1. The average Bonchev–Trinajstić information content (AvgIpc) is 2.86. The number of hydrogen-bond donors (Lipinski definition) is 1. The average molecular weight is 324 g/mol. The molecular weight excluding hydrogens is 314 g/mol. The van der Waals surface area contributed by atoms with Crippen molar-refractivity contribution in [2.45, 2.75) is 13.5 Å². The van der Waals surface area contributed by atoms with Crippen LogP contribution in [0, 0.1) is 11.7 Å². The number of nitrogens with zero attached hydrogens (tertiary/aromatic N) is 2. The molecule has 18 heavy (non-hydrogen) atoms. The summed E-state index contributed by atoms with van der Waals surface area (Å²) in [4.78, 5) is 7.37. The van der Waals surface area contributed by atoms with Crippen LogP contribution >= 0.6 is 28.1 Å². The van der Waals surface area contributed by atoms with Crippen LogP contribution < -0.4 is 0 Å². The SMILES string of the molecule is Cc1cnc(Cn2c(=S)[nH]c3ccc(Br)cc32)o1. The van der Waals surface area contributed by atoms with Crippen molar-refractivity contribution in [3.05, 3.63) is 45.3 Å². The van der Waals surface area contributed by atoms with Gasteiger partial charge in [0.25, 0.3) is 0 Å². The first-order chi connectivity index (χ1) is 8.63. The zero-order valence-electron chi connectivity index (χ0n) is 9.61. The predicted octanol–water partition coefficient (Wildman–Crippen LogP) is 3.81. The molecule has 2 aromatic heterocycles. The molecule has 0 atom stereocenters. The molecule has 0 amide bonds. The van der Waals surface area contributed by atoms with E-state index in [-0.39, 0.29) is 0 Å². The standard InChI is InChI=1S/C12H10BrN3OS/c1-7-5-14-11(17-7)6-16-10-4-8(13)2-3-9(10)15-12(16)18/h2-5H,6H2,1H3,(H,15,18). The van der Waals surface area contributed by atoms with E-state index in [1.54, 1.807) is 6.20 Å². The van der Waals surface area contributed by atoms with Gasteiger partial charge in [-0.3, -0.25) is 0 Å². The number of halogens is 1. The summed E-state index contributed by atoms with van der Waals surface area (Å²) in [5.41, 5.74) is 2.04. The van der Waals surface area contributed by atoms with Gasteiger partial charge >= 0.3 is 0 Å². The molecule has 0 aliphatic carbocycles. The van der Waals surface area contributed by atoms with Gasteiger partial charge in [-0.05, 0) is 37.3 Å². The van der Waals surface area contributed by atoms with Gasteiger partial charge in [0.2, 0.25) is 5.89 Å². The Hall–Kier alpha value is -1.40. The van der Waals surface area contributed by atoms with Crippen molar-refractivity contribution in [3.8, 4) is 0 Å².